The van der Waals surface area contributed by atoms with Crippen LogP contribution in [0.2, 0.25) is 0 Å². The van der Waals surface area contributed by atoms with E-state index in [4.69, 9.17) is 13.6 Å². The van der Waals surface area contributed by atoms with Crippen LogP contribution in [0.25, 0.3) is 0 Å². The number of esters is 1. The largest absolute Gasteiger partial charge is 0.475 e. The Morgan fingerprint density at radius 3 is 1.47 bits per heavy atom. The molecular formula is C23H23O6P. The van der Waals surface area contributed by atoms with Crippen LogP contribution in [0, 0.1) is 0 Å². The fraction of sp³-hybridized carbons (Fsp3) is 0.174. The summed E-state index contributed by atoms with van der Waals surface area (Å²) in [5, 5.41) is 0. The molecule has 0 spiro atoms. The van der Waals surface area contributed by atoms with Crippen molar-refractivity contribution < 1.29 is 27.7 Å². The molecule has 0 aliphatic carbocycles. The summed E-state index contributed by atoms with van der Waals surface area (Å²) in [4.78, 5) is 11.5. The van der Waals surface area contributed by atoms with Gasteiger partial charge in [-0.2, -0.15) is 0 Å². The van der Waals surface area contributed by atoms with E-state index in [2.05, 4.69) is 4.74 Å². The highest BCUT2D eigenvalue weighted by Gasteiger charge is 2.27. The third-order valence-electron chi connectivity index (χ3n) is 4.23. The Kier molecular flexibility index (Phi) is 7.94. The third kappa shape index (κ3) is 6.65. The van der Waals surface area contributed by atoms with Gasteiger partial charge < -0.3 is 4.74 Å². The van der Waals surface area contributed by atoms with Crippen LogP contribution in [0.3, 0.4) is 0 Å². The number of phosphoric acid groups is 1. The van der Waals surface area contributed by atoms with Crippen LogP contribution in [-0.2, 0) is 42.7 Å². The van der Waals surface area contributed by atoms with Gasteiger partial charge in [-0.15, -0.1) is 0 Å². The first-order chi connectivity index (χ1) is 14.6. The maximum Gasteiger partial charge on any atom is 0.475 e. The van der Waals surface area contributed by atoms with Crippen LogP contribution in [0.1, 0.15) is 27.0 Å². The maximum absolute atomic E-state index is 13.2. The van der Waals surface area contributed by atoms with E-state index in [0.29, 0.717) is 5.56 Å². The summed E-state index contributed by atoms with van der Waals surface area (Å²) in [6.07, 6.45) is 0. The summed E-state index contributed by atoms with van der Waals surface area (Å²) in [6, 6.07) is 25.4. The SMILES string of the molecule is COC(=O)c1ccc(COP(=O)(OCc2ccccc2)OCc2ccccc2)cc1. The predicted molar refractivity (Wildman–Crippen MR) is 113 cm³/mol. The molecule has 0 atom stereocenters. The van der Waals surface area contributed by atoms with Crippen molar-refractivity contribution in [2.75, 3.05) is 7.11 Å². The Morgan fingerprint density at radius 1 is 0.667 bits per heavy atom. The monoisotopic (exact) mass is 426 g/mol. The van der Waals surface area contributed by atoms with Crippen molar-refractivity contribution in [3.8, 4) is 0 Å². The molecule has 6 nitrogen and oxygen atoms in total. The molecule has 3 aromatic rings. The van der Waals surface area contributed by atoms with Gasteiger partial charge in [-0.05, 0) is 28.8 Å². The first kappa shape index (κ1) is 21.9. The second-order valence-electron chi connectivity index (χ2n) is 6.43. The number of methoxy groups -OCH3 is 1. The van der Waals surface area contributed by atoms with Crippen molar-refractivity contribution in [1.82, 2.24) is 0 Å². The van der Waals surface area contributed by atoms with Crippen LogP contribution >= 0.6 is 7.82 Å². The first-order valence-electron chi connectivity index (χ1n) is 9.37. The first-order valence-corrected chi connectivity index (χ1v) is 10.8. The molecule has 0 saturated carbocycles. The highest BCUT2D eigenvalue weighted by molar-refractivity contribution is 7.48. The molecule has 0 N–H and O–H groups in total. The van der Waals surface area contributed by atoms with Gasteiger partial charge in [0.1, 0.15) is 0 Å². The molecular weight excluding hydrogens is 403 g/mol. The number of ether oxygens (including phenoxy) is 1. The fourth-order valence-corrected chi connectivity index (χ4v) is 3.72. The second kappa shape index (κ2) is 10.9. The lowest BCUT2D eigenvalue weighted by molar-refractivity contribution is 0.0600. The normalized spacial score (nSPS) is 11.2. The van der Waals surface area contributed by atoms with Gasteiger partial charge in [0.15, 0.2) is 0 Å². The Bertz CT molecular complexity index is 926. The molecule has 156 valence electrons. The zero-order valence-electron chi connectivity index (χ0n) is 16.6. The highest BCUT2D eigenvalue weighted by Crippen LogP contribution is 2.51. The molecule has 0 aliphatic heterocycles. The molecule has 0 fully saturated rings. The van der Waals surface area contributed by atoms with Gasteiger partial charge in [-0.3, -0.25) is 13.6 Å². The van der Waals surface area contributed by atoms with Gasteiger partial charge >= 0.3 is 13.8 Å². The van der Waals surface area contributed by atoms with Crippen LogP contribution in [-0.4, -0.2) is 13.1 Å². The molecule has 7 heteroatoms. The van der Waals surface area contributed by atoms with Crippen molar-refractivity contribution in [2.45, 2.75) is 19.8 Å². The number of hydrogen-bond donors (Lipinski definition) is 0. The summed E-state index contributed by atoms with van der Waals surface area (Å²) in [7, 11) is -2.52. The number of hydrogen-bond acceptors (Lipinski definition) is 6. The molecule has 3 rings (SSSR count). The highest BCUT2D eigenvalue weighted by atomic mass is 31.2. The lowest BCUT2D eigenvalue weighted by Crippen LogP contribution is -2.03. The molecule has 0 amide bonds. The molecule has 0 bridgehead atoms. The predicted octanol–water partition coefficient (Wildman–Crippen LogP) is 5.53. The van der Waals surface area contributed by atoms with Gasteiger partial charge in [0.2, 0.25) is 0 Å². The summed E-state index contributed by atoms with van der Waals surface area (Å²) in [5.41, 5.74) is 2.85. The lowest BCUT2D eigenvalue weighted by Gasteiger charge is -2.18. The number of rotatable bonds is 10. The standard InChI is InChI=1S/C23H23O6P/c1-26-23(24)22-14-12-21(13-15-22)18-29-30(25,27-16-19-8-4-2-5-9-19)28-17-20-10-6-3-7-11-20/h2-15H,16-18H2,1H3. The Morgan fingerprint density at radius 2 is 1.07 bits per heavy atom. The van der Waals surface area contributed by atoms with Crippen molar-refractivity contribution in [1.29, 1.82) is 0 Å². The van der Waals surface area contributed by atoms with E-state index in [9.17, 15) is 9.36 Å². The van der Waals surface area contributed by atoms with Gasteiger partial charge in [0, 0.05) is 0 Å². The van der Waals surface area contributed by atoms with E-state index in [-0.39, 0.29) is 19.8 Å². The van der Waals surface area contributed by atoms with Crippen molar-refractivity contribution >= 4 is 13.8 Å². The van der Waals surface area contributed by atoms with Crippen LogP contribution in [0.4, 0.5) is 0 Å². The molecule has 0 saturated heterocycles. The molecule has 0 aromatic heterocycles. The quantitative estimate of drug-likeness (QED) is 0.314. The number of phosphoric ester groups is 1. The van der Waals surface area contributed by atoms with E-state index in [1.165, 1.54) is 7.11 Å². The van der Waals surface area contributed by atoms with Crippen molar-refractivity contribution in [2.24, 2.45) is 0 Å². The van der Waals surface area contributed by atoms with Gasteiger partial charge in [-0.25, -0.2) is 9.36 Å². The van der Waals surface area contributed by atoms with Crippen LogP contribution in [0.5, 0.6) is 0 Å². The zero-order valence-corrected chi connectivity index (χ0v) is 17.5. The van der Waals surface area contributed by atoms with E-state index in [1.54, 1.807) is 24.3 Å². The second-order valence-corrected chi connectivity index (χ2v) is 8.10. The van der Waals surface area contributed by atoms with E-state index >= 15 is 0 Å². The minimum absolute atomic E-state index is 0.00229. The van der Waals surface area contributed by atoms with Crippen molar-refractivity contribution in [3.63, 3.8) is 0 Å². The maximum atomic E-state index is 13.2. The summed E-state index contributed by atoms with van der Waals surface area (Å²) >= 11 is 0. The molecule has 0 radical (unpaired) electrons. The lowest BCUT2D eigenvalue weighted by atomic mass is 10.1. The number of carbonyl (C=O) groups is 1. The number of benzene rings is 3. The smallest absolute Gasteiger partial charge is 0.465 e. The summed E-state index contributed by atoms with van der Waals surface area (Å²) in [6.45, 7) is 0.185. The Hall–Kier alpha value is -2.76. The Labute approximate surface area is 176 Å². The van der Waals surface area contributed by atoms with Crippen molar-refractivity contribution in [3.05, 3.63) is 107 Å². The van der Waals surface area contributed by atoms with E-state index < -0.39 is 13.8 Å². The van der Waals surface area contributed by atoms with Gasteiger partial charge in [-0.1, -0.05) is 72.8 Å². The van der Waals surface area contributed by atoms with Gasteiger partial charge in [0.05, 0.1) is 32.5 Å². The van der Waals surface area contributed by atoms with Gasteiger partial charge in [0.25, 0.3) is 0 Å². The minimum Gasteiger partial charge on any atom is -0.465 e. The van der Waals surface area contributed by atoms with E-state index in [1.807, 2.05) is 60.7 Å². The van der Waals surface area contributed by atoms with Crippen LogP contribution in [0.15, 0.2) is 84.9 Å². The molecule has 30 heavy (non-hydrogen) atoms. The molecule has 0 heterocycles. The van der Waals surface area contributed by atoms with Crippen LogP contribution < -0.4 is 0 Å². The Balaban J connectivity index is 1.66. The number of carbonyl (C=O) groups excluding carboxylic acids is 1. The zero-order chi connectivity index (χ0) is 21.2. The molecule has 0 unspecified atom stereocenters. The average Bonchev–Trinajstić information content (AvgIpc) is 2.81. The summed E-state index contributed by atoms with van der Waals surface area (Å²) in [5.74, 6) is -0.425. The topological polar surface area (TPSA) is 71.1 Å². The average molecular weight is 426 g/mol. The molecule has 0 aliphatic rings. The molecule has 3 aromatic carbocycles. The third-order valence-corrected chi connectivity index (χ3v) is 5.56. The van der Waals surface area contributed by atoms with E-state index in [0.717, 1.165) is 16.7 Å². The summed E-state index contributed by atoms with van der Waals surface area (Å²) < 4.78 is 34.6. The minimum atomic E-state index is -3.84. The fourth-order valence-electron chi connectivity index (χ4n) is 2.58.